The van der Waals surface area contributed by atoms with Gasteiger partial charge in [0, 0.05) is 22.6 Å². The molecule has 0 radical (unpaired) electrons. The number of ether oxygens (including phenoxy) is 1. The molecule has 1 aliphatic heterocycles. The summed E-state index contributed by atoms with van der Waals surface area (Å²) in [6, 6.07) is 5.88. The minimum Gasteiger partial charge on any atom is -0.378 e. The van der Waals surface area contributed by atoms with E-state index in [1.165, 1.54) is 5.69 Å². The second kappa shape index (κ2) is 4.51. The molecule has 14 heavy (non-hydrogen) atoms. The number of morpholine rings is 1. The van der Waals surface area contributed by atoms with E-state index in [2.05, 4.69) is 20.8 Å². The van der Waals surface area contributed by atoms with Gasteiger partial charge in [0.25, 0.3) is 0 Å². The molecule has 2 rings (SSSR count). The van der Waals surface area contributed by atoms with Crippen molar-refractivity contribution in [3.8, 4) is 0 Å². The number of benzene rings is 1. The molecule has 0 unspecified atom stereocenters. The van der Waals surface area contributed by atoms with Crippen molar-refractivity contribution in [1.29, 1.82) is 0 Å². The third kappa shape index (κ3) is 2.22. The van der Waals surface area contributed by atoms with E-state index in [0.717, 1.165) is 35.8 Å². The van der Waals surface area contributed by atoms with E-state index in [1.807, 2.05) is 18.2 Å². The van der Waals surface area contributed by atoms with Crippen LogP contribution in [0, 0.1) is 0 Å². The van der Waals surface area contributed by atoms with Crippen LogP contribution in [0.3, 0.4) is 0 Å². The minimum atomic E-state index is 0.758. The average molecular weight is 277 g/mol. The van der Waals surface area contributed by atoms with E-state index in [9.17, 15) is 0 Å². The van der Waals surface area contributed by atoms with Gasteiger partial charge in [0.1, 0.15) is 0 Å². The first-order chi connectivity index (χ1) is 6.77. The molecule has 0 amide bonds. The second-order valence-electron chi connectivity index (χ2n) is 3.20. The summed E-state index contributed by atoms with van der Waals surface area (Å²) < 4.78 is 6.35. The Bertz CT molecular complexity index is 326. The molecule has 2 nitrogen and oxygen atoms in total. The highest BCUT2D eigenvalue weighted by atomic mass is 79.9. The summed E-state index contributed by atoms with van der Waals surface area (Å²) in [5, 5.41) is 0.758. The first-order valence-electron chi connectivity index (χ1n) is 4.55. The second-order valence-corrected chi connectivity index (χ2v) is 4.49. The van der Waals surface area contributed by atoms with Gasteiger partial charge < -0.3 is 9.64 Å². The highest BCUT2D eigenvalue weighted by molar-refractivity contribution is 9.10. The summed E-state index contributed by atoms with van der Waals surface area (Å²) >= 11 is 9.40. The van der Waals surface area contributed by atoms with E-state index in [-0.39, 0.29) is 0 Å². The van der Waals surface area contributed by atoms with E-state index in [1.54, 1.807) is 0 Å². The topological polar surface area (TPSA) is 12.5 Å². The Morgan fingerprint density at radius 1 is 1.29 bits per heavy atom. The Morgan fingerprint density at radius 3 is 2.64 bits per heavy atom. The van der Waals surface area contributed by atoms with Gasteiger partial charge in [-0.05, 0) is 34.1 Å². The lowest BCUT2D eigenvalue weighted by Crippen LogP contribution is -2.36. The van der Waals surface area contributed by atoms with Crippen LogP contribution in [-0.2, 0) is 4.74 Å². The van der Waals surface area contributed by atoms with Crippen molar-refractivity contribution in [3.63, 3.8) is 0 Å². The molecule has 1 aliphatic rings. The van der Waals surface area contributed by atoms with Crippen molar-refractivity contribution in [2.75, 3.05) is 31.2 Å². The Balaban J connectivity index is 2.22. The lowest BCUT2D eigenvalue weighted by Gasteiger charge is -2.29. The summed E-state index contributed by atoms with van der Waals surface area (Å²) in [5.74, 6) is 0. The zero-order valence-electron chi connectivity index (χ0n) is 7.67. The fourth-order valence-electron chi connectivity index (χ4n) is 1.54. The quantitative estimate of drug-likeness (QED) is 0.782. The Labute approximate surface area is 96.9 Å². The van der Waals surface area contributed by atoms with Gasteiger partial charge in [-0.2, -0.15) is 0 Å². The van der Waals surface area contributed by atoms with Crippen molar-refractivity contribution in [1.82, 2.24) is 0 Å². The van der Waals surface area contributed by atoms with Crippen LogP contribution in [0.25, 0.3) is 0 Å². The van der Waals surface area contributed by atoms with Crippen LogP contribution >= 0.6 is 27.5 Å². The molecule has 0 bridgehead atoms. The van der Waals surface area contributed by atoms with E-state index < -0.39 is 0 Å². The predicted octanol–water partition coefficient (Wildman–Crippen LogP) is 2.94. The molecule has 1 heterocycles. The first-order valence-corrected chi connectivity index (χ1v) is 5.72. The minimum absolute atomic E-state index is 0.758. The number of hydrogen-bond acceptors (Lipinski definition) is 2. The third-order valence-electron chi connectivity index (χ3n) is 2.26. The maximum Gasteiger partial charge on any atom is 0.0642 e. The number of anilines is 1. The third-order valence-corrected chi connectivity index (χ3v) is 3.13. The largest absolute Gasteiger partial charge is 0.378 e. The van der Waals surface area contributed by atoms with Crippen LogP contribution in [0.15, 0.2) is 22.7 Å². The van der Waals surface area contributed by atoms with Crippen LogP contribution in [0.1, 0.15) is 0 Å². The van der Waals surface area contributed by atoms with Crippen molar-refractivity contribution in [3.05, 3.63) is 27.7 Å². The van der Waals surface area contributed by atoms with E-state index in [0.29, 0.717) is 0 Å². The van der Waals surface area contributed by atoms with Crippen molar-refractivity contribution in [2.24, 2.45) is 0 Å². The molecule has 0 N–H and O–H groups in total. The van der Waals surface area contributed by atoms with Gasteiger partial charge >= 0.3 is 0 Å². The molecule has 4 heteroatoms. The standard InChI is InChI=1S/C10H11BrClNO/c11-9-7-8(12)1-2-10(9)13-3-5-14-6-4-13/h1-2,7H,3-6H2. The molecule has 0 aromatic heterocycles. The highest BCUT2D eigenvalue weighted by Crippen LogP contribution is 2.29. The molecule has 76 valence electrons. The zero-order valence-corrected chi connectivity index (χ0v) is 10.0. The maximum absolute atomic E-state index is 5.88. The Morgan fingerprint density at radius 2 is 2.00 bits per heavy atom. The normalized spacial score (nSPS) is 17.1. The summed E-state index contributed by atoms with van der Waals surface area (Å²) in [7, 11) is 0. The Kier molecular flexibility index (Phi) is 3.31. The van der Waals surface area contributed by atoms with Gasteiger partial charge in [-0.15, -0.1) is 0 Å². The number of rotatable bonds is 1. The van der Waals surface area contributed by atoms with Crippen LogP contribution in [0.5, 0.6) is 0 Å². The zero-order chi connectivity index (χ0) is 9.97. The first kappa shape index (κ1) is 10.3. The number of hydrogen-bond donors (Lipinski definition) is 0. The summed E-state index contributed by atoms with van der Waals surface area (Å²) in [6.07, 6.45) is 0. The predicted molar refractivity (Wildman–Crippen MR) is 62.2 cm³/mol. The van der Waals surface area contributed by atoms with Crippen LogP contribution in [-0.4, -0.2) is 26.3 Å². The molecular weight excluding hydrogens is 265 g/mol. The summed E-state index contributed by atoms with van der Waals surface area (Å²) in [4.78, 5) is 2.30. The monoisotopic (exact) mass is 275 g/mol. The van der Waals surface area contributed by atoms with Crippen LogP contribution in [0.2, 0.25) is 5.02 Å². The van der Waals surface area contributed by atoms with Gasteiger partial charge in [0.2, 0.25) is 0 Å². The smallest absolute Gasteiger partial charge is 0.0642 e. The van der Waals surface area contributed by atoms with Gasteiger partial charge in [-0.3, -0.25) is 0 Å². The SMILES string of the molecule is Clc1ccc(N2CCOCC2)c(Br)c1. The van der Waals surface area contributed by atoms with Gasteiger partial charge in [0.15, 0.2) is 0 Å². The van der Waals surface area contributed by atoms with Crippen LogP contribution < -0.4 is 4.90 Å². The number of nitrogens with zero attached hydrogens (tertiary/aromatic N) is 1. The maximum atomic E-state index is 5.88. The molecule has 0 saturated carbocycles. The molecule has 0 atom stereocenters. The van der Waals surface area contributed by atoms with Crippen molar-refractivity contribution < 1.29 is 4.74 Å². The summed E-state index contributed by atoms with van der Waals surface area (Å²) in [6.45, 7) is 3.49. The fraction of sp³-hybridized carbons (Fsp3) is 0.400. The average Bonchev–Trinajstić information content (AvgIpc) is 2.19. The van der Waals surface area contributed by atoms with Crippen LogP contribution in [0.4, 0.5) is 5.69 Å². The molecule has 1 aromatic carbocycles. The van der Waals surface area contributed by atoms with Gasteiger partial charge in [0.05, 0.1) is 18.9 Å². The van der Waals surface area contributed by atoms with E-state index >= 15 is 0 Å². The molecule has 1 aromatic rings. The lowest BCUT2D eigenvalue weighted by molar-refractivity contribution is 0.122. The lowest BCUT2D eigenvalue weighted by atomic mass is 10.2. The Hall–Kier alpha value is -0.250. The highest BCUT2D eigenvalue weighted by Gasteiger charge is 2.13. The summed E-state index contributed by atoms with van der Waals surface area (Å²) in [5.41, 5.74) is 1.19. The van der Waals surface area contributed by atoms with Crippen molar-refractivity contribution >= 4 is 33.2 Å². The molecule has 1 fully saturated rings. The van der Waals surface area contributed by atoms with Gasteiger partial charge in [-0.1, -0.05) is 11.6 Å². The fourth-order valence-corrected chi connectivity index (χ4v) is 2.48. The molecule has 1 saturated heterocycles. The van der Waals surface area contributed by atoms with Gasteiger partial charge in [-0.25, -0.2) is 0 Å². The van der Waals surface area contributed by atoms with Crippen molar-refractivity contribution in [2.45, 2.75) is 0 Å². The van der Waals surface area contributed by atoms with E-state index in [4.69, 9.17) is 16.3 Å². The molecule has 0 spiro atoms. The number of halogens is 2. The molecular formula is C10H11BrClNO. The molecule has 0 aliphatic carbocycles.